The molecule has 26 heavy (non-hydrogen) atoms. The normalized spacial score (nSPS) is 10.9. The second kappa shape index (κ2) is 6.67. The number of oxazole rings is 1. The van der Waals surface area contributed by atoms with E-state index in [1.807, 2.05) is 13.8 Å². The van der Waals surface area contributed by atoms with Gasteiger partial charge in [-0.05, 0) is 26.0 Å². The lowest BCUT2D eigenvalue weighted by molar-refractivity contribution is 0.0995. The summed E-state index contributed by atoms with van der Waals surface area (Å²) < 4.78 is 6.85. The van der Waals surface area contributed by atoms with Crippen molar-refractivity contribution in [3.63, 3.8) is 0 Å². The number of amides is 2. The monoisotopic (exact) mass is 355 g/mol. The van der Waals surface area contributed by atoms with E-state index in [2.05, 4.69) is 20.4 Å². The summed E-state index contributed by atoms with van der Waals surface area (Å²) in [5.41, 5.74) is 11.7. The van der Waals surface area contributed by atoms with Crippen molar-refractivity contribution in [1.82, 2.24) is 19.7 Å². The third-order valence-electron chi connectivity index (χ3n) is 3.51. The molecule has 3 heterocycles. The Morgan fingerprint density at radius 1 is 1.35 bits per heavy atom. The number of nitrogens with zero attached hydrogens (tertiary/aromatic N) is 4. The minimum absolute atomic E-state index is 0.00504. The van der Waals surface area contributed by atoms with Crippen molar-refractivity contribution in [2.75, 3.05) is 11.1 Å². The molecule has 0 fully saturated rings. The van der Waals surface area contributed by atoms with E-state index in [4.69, 9.17) is 15.9 Å². The molecule has 2 amide bonds. The highest BCUT2D eigenvalue weighted by atomic mass is 16.3. The Balaban J connectivity index is 1.84. The summed E-state index contributed by atoms with van der Waals surface area (Å²) in [4.78, 5) is 32.0. The number of rotatable bonds is 5. The van der Waals surface area contributed by atoms with Gasteiger partial charge in [-0.2, -0.15) is 5.10 Å². The largest absolute Gasteiger partial charge is 0.444 e. The number of pyridine rings is 1. The summed E-state index contributed by atoms with van der Waals surface area (Å²) in [5.74, 6) is -0.781. The topological polar surface area (TPSA) is 155 Å². The van der Waals surface area contributed by atoms with Crippen LogP contribution in [0.5, 0.6) is 0 Å². The predicted octanol–water partition coefficient (Wildman–Crippen LogP) is 1.45. The SMILES string of the molecule is CC(C)n1cc(NC(=O)c2coc(-c3ccnc(N)c3)n2)c(C(N)=O)n1. The number of nitrogens with one attached hydrogen (secondary N) is 1. The van der Waals surface area contributed by atoms with Crippen LogP contribution in [0.2, 0.25) is 0 Å². The molecular weight excluding hydrogens is 338 g/mol. The van der Waals surface area contributed by atoms with E-state index >= 15 is 0 Å². The van der Waals surface area contributed by atoms with Gasteiger partial charge in [0.15, 0.2) is 11.4 Å². The Morgan fingerprint density at radius 2 is 2.12 bits per heavy atom. The molecule has 10 nitrogen and oxygen atoms in total. The molecule has 5 N–H and O–H groups in total. The van der Waals surface area contributed by atoms with Crippen LogP contribution < -0.4 is 16.8 Å². The first-order chi connectivity index (χ1) is 12.3. The molecule has 0 spiro atoms. The van der Waals surface area contributed by atoms with Crippen molar-refractivity contribution < 1.29 is 14.0 Å². The molecule has 10 heteroatoms. The summed E-state index contributed by atoms with van der Waals surface area (Å²) >= 11 is 0. The maximum atomic E-state index is 12.4. The number of nitrogen functional groups attached to an aromatic ring is 1. The highest BCUT2D eigenvalue weighted by Gasteiger charge is 2.20. The van der Waals surface area contributed by atoms with Crippen molar-refractivity contribution in [2.45, 2.75) is 19.9 Å². The summed E-state index contributed by atoms with van der Waals surface area (Å²) in [6.07, 6.45) is 4.25. The predicted molar refractivity (Wildman–Crippen MR) is 93.2 cm³/mol. The number of carbonyl (C=O) groups excluding carboxylic acids is 2. The third kappa shape index (κ3) is 3.38. The van der Waals surface area contributed by atoms with Crippen LogP contribution in [-0.4, -0.2) is 31.6 Å². The number of hydrogen-bond acceptors (Lipinski definition) is 7. The molecule has 0 aliphatic rings. The van der Waals surface area contributed by atoms with Crippen LogP contribution in [0.15, 0.2) is 35.2 Å². The summed E-state index contributed by atoms with van der Waals surface area (Å²) in [5, 5.41) is 6.66. The van der Waals surface area contributed by atoms with Crippen molar-refractivity contribution in [3.05, 3.63) is 42.2 Å². The fraction of sp³-hybridized carbons (Fsp3) is 0.188. The lowest BCUT2D eigenvalue weighted by Gasteiger charge is -2.03. The molecule has 0 saturated heterocycles. The first-order valence-corrected chi connectivity index (χ1v) is 7.73. The minimum Gasteiger partial charge on any atom is -0.444 e. The van der Waals surface area contributed by atoms with Crippen LogP contribution in [0.3, 0.4) is 0 Å². The van der Waals surface area contributed by atoms with Gasteiger partial charge in [0, 0.05) is 24.0 Å². The van der Waals surface area contributed by atoms with Crippen molar-refractivity contribution >= 4 is 23.3 Å². The molecule has 0 aliphatic carbocycles. The number of aromatic nitrogens is 4. The zero-order valence-corrected chi connectivity index (χ0v) is 14.1. The highest BCUT2D eigenvalue weighted by Crippen LogP contribution is 2.21. The molecule has 0 saturated carbocycles. The number of nitrogens with two attached hydrogens (primary N) is 2. The number of carbonyl (C=O) groups is 2. The average molecular weight is 355 g/mol. The average Bonchev–Trinajstić information content (AvgIpc) is 3.22. The smallest absolute Gasteiger partial charge is 0.277 e. The lowest BCUT2D eigenvalue weighted by atomic mass is 10.2. The van der Waals surface area contributed by atoms with Crippen LogP contribution in [-0.2, 0) is 0 Å². The van der Waals surface area contributed by atoms with Crippen LogP contribution >= 0.6 is 0 Å². The van der Waals surface area contributed by atoms with Gasteiger partial charge < -0.3 is 21.2 Å². The fourth-order valence-electron chi connectivity index (χ4n) is 2.21. The van der Waals surface area contributed by atoms with E-state index < -0.39 is 11.8 Å². The van der Waals surface area contributed by atoms with Gasteiger partial charge in [0.1, 0.15) is 12.1 Å². The third-order valence-corrected chi connectivity index (χ3v) is 3.51. The lowest BCUT2D eigenvalue weighted by Crippen LogP contribution is -2.18. The van der Waals surface area contributed by atoms with E-state index in [0.29, 0.717) is 11.4 Å². The van der Waals surface area contributed by atoms with Crippen molar-refractivity contribution in [2.24, 2.45) is 5.73 Å². The minimum atomic E-state index is -0.743. The molecular formula is C16H17N7O3. The van der Waals surface area contributed by atoms with Crippen LogP contribution in [0.1, 0.15) is 40.9 Å². The number of anilines is 2. The van der Waals surface area contributed by atoms with Gasteiger partial charge in [0.25, 0.3) is 11.8 Å². The van der Waals surface area contributed by atoms with Gasteiger partial charge >= 0.3 is 0 Å². The first kappa shape index (κ1) is 17.1. The molecule has 0 unspecified atom stereocenters. The second-order valence-electron chi connectivity index (χ2n) is 5.79. The van der Waals surface area contributed by atoms with Crippen LogP contribution in [0.25, 0.3) is 11.5 Å². The molecule has 0 atom stereocenters. The number of primary amides is 1. The zero-order valence-electron chi connectivity index (χ0n) is 14.1. The molecule has 3 aromatic rings. The van der Waals surface area contributed by atoms with Gasteiger partial charge in [0.05, 0.1) is 5.69 Å². The standard InChI is InChI=1S/C16H17N7O3/c1-8(2)23-6-10(13(22-23)14(18)24)20-15(25)11-7-26-16(21-11)9-3-4-19-12(17)5-9/h3-8H,1-2H3,(H2,17,19)(H2,18,24)(H,20,25). The van der Waals surface area contributed by atoms with E-state index in [-0.39, 0.29) is 29.0 Å². The zero-order chi connectivity index (χ0) is 18.8. The summed E-state index contributed by atoms with van der Waals surface area (Å²) in [6, 6.07) is 3.22. The Labute approximate surface area is 148 Å². The Bertz CT molecular complexity index is 974. The molecule has 3 rings (SSSR count). The van der Waals surface area contributed by atoms with Crippen molar-refractivity contribution in [3.8, 4) is 11.5 Å². The quantitative estimate of drug-likeness (QED) is 0.625. The molecule has 134 valence electrons. The van der Waals surface area contributed by atoms with Crippen molar-refractivity contribution in [1.29, 1.82) is 0 Å². The van der Waals surface area contributed by atoms with Crippen LogP contribution in [0, 0.1) is 0 Å². The first-order valence-electron chi connectivity index (χ1n) is 7.73. The second-order valence-corrected chi connectivity index (χ2v) is 5.79. The molecule has 0 aromatic carbocycles. The van der Waals surface area contributed by atoms with Gasteiger partial charge in [0.2, 0.25) is 5.89 Å². The van der Waals surface area contributed by atoms with E-state index in [1.165, 1.54) is 23.3 Å². The van der Waals surface area contributed by atoms with E-state index in [1.54, 1.807) is 12.1 Å². The van der Waals surface area contributed by atoms with E-state index in [0.717, 1.165) is 0 Å². The van der Waals surface area contributed by atoms with Crippen LogP contribution in [0.4, 0.5) is 11.5 Å². The Hall–Kier alpha value is -3.69. The van der Waals surface area contributed by atoms with Gasteiger partial charge in [-0.3, -0.25) is 14.3 Å². The molecule has 3 aromatic heterocycles. The van der Waals surface area contributed by atoms with E-state index in [9.17, 15) is 9.59 Å². The fourth-order valence-corrected chi connectivity index (χ4v) is 2.21. The molecule has 0 aliphatic heterocycles. The molecule has 0 radical (unpaired) electrons. The van der Waals surface area contributed by atoms with Gasteiger partial charge in [-0.25, -0.2) is 9.97 Å². The maximum absolute atomic E-state index is 12.4. The summed E-state index contributed by atoms with van der Waals surface area (Å²) in [6.45, 7) is 3.77. The van der Waals surface area contributed by atoms with Gasteiger partial charge in [-0.1, -0.05) is 0 Å². The number of hydrogen-bond donors (Lipinski definition) is 3. The van der Waals surface area contributed by atoms with Gasteiger partial charge in [-0.15, -0.1) is 0 Å². The maximum Gasteiger partial charge on any atom is 0.277 e. The summed E-state index contributed by atoms with van der Waals surface area (Å²) in [7, 11) is 0. The Kier molecular flexibility index (Phi) is 4.40. The highest BCUT2D eigenvalue weighted by molar-refractivity contribution is 6.07. The Morgan fingerprint density at radius 3 is 2.77 bits per heavy atom. The molecule has 0 bridgehead atoms.